The Hall–Kier alpha value is -0.530. The maximum Gasteiger partial charge on any atom is 0.303 e. The van der Waals surface area contributed by atoms with Crippen molar-refractivity contribution in [2.45, 2.75) is 97.8 Å². The smallest absolute Gasteiger partial charge is 0.303 e. The highest BCUT2D eigenvalue weighted by Gasteiger charge is 2.11. The van der Waals surface area contributed by atoms with E-state index in [2.05, 4.69) is 20.8 Å². The van der Waals surface area contributed by atoms with Gasteiger partial charge in [-0.25, -0.2) is 0 Å². The Bertz CT molecular complexity index is 225. The second-order valence-electron chi connectivity index (χ2n) is 6.50. The molecule has 0 amide bonds. The number of aliphatic carboxylic acids is 1. The Morgan fingerprint density at radius 2 is 1.25 bits per heavy atom. The molecule has 0 aliphatic heterocycles. The molecule has 0 heterocycles. The van der Waals surface area contributed by atoms with E-state index in [1.54, 1.807) is 0 Å². The minimum Gasteiger partial charge on any atom is -0.481 e. The van der Waals surface area contributed by atoms with Gasteiger partial charge in [-0.2, -0.15) is 0 Å². The van der Waals surface area contributed by atoms with Gasteiger partial charge in [-0.3, -0.25) is 4.79 Å². The lowest BCUT2D eigenvalue weighted by Crippen LogP contribution is -2.08. The zero-order chi connectivity index (χ0) is 15.2. The van der Waals surface area contributed by atoms with Gasteiger partial charge in [0.25, 0.3) is 0 Å². The quantitative estimate of drug-likeness (QED) is 0.394. The zero-order valence-corrected chi connectivity index (χ0v) is 14.0. The summed E-state index contributed by atoms with van der Waals surface area (Å²) in [6.45, 7) is 7.01. The molecule has 0 bridgehead atoms. The summed E-state index contributed by atoms with van der Waals surface area (Å²) in [5.41, 5.74) is 0. The van der Waals surface area contributed by atoms with Gasteiger partial charge in [0, 0.05) is 6.42 Å². The summed E-state index contributed by atoms with van der Waals surface area (Å²) in [7, 11) is 0. The molecule has 2 atom stereocenters. The second kappa shape index (κ2) is 13.5. The van der Waals surface area contributed by atoms with Gasteiger partial charge in [0.1, 0.15) is 0 Å². The number of unbranched alkanes of at least 4 members (excludes halogenated alkanes) is 7. The molecule has 0 aromatic carbocycles. The van der Waals surface area contributed by atoms with Crippen LogP contribution in [0.5, 0.6) is 0 Å². The molecular formula is C18H36O2. The first kappa shape index (κ1) is 19.5. The van der Waals surface area contributed by atoms with E-state index >= 15 is 0 Å². The summed E-state index contributed by atoms with van der Waals surface area (Å²) >= 11 is 0. The van der Waals surface area contributed by atoms with Crippen molar-refractivity contribution in [3.8, 4) is 0 Å². The molecule has 2 heteroatoms. The van der Waals surface area contributed by atoms with Crippen molar-refractivity contribution >= 4 is 5.97 Å². The molecule has 1 N–H and O–H groups in total. The SMILES string of the molecule is CCCCCCCCC(C)C(C)CCCCCC(=O)O. The molecule has 0 aromatic heterocycles. The third-order valence-corrected chi connectivity index (χ3v) is 4.53. The van der Waals surface area contributed by atoms with E-state index in [1.807, 2.05) is 0 Å². The molecule has 0 fully saturated rings. The van der Waals surface area contributed by atoms with E-state index < -0.39 is 5.97 Å². The van der Waals surface area contributed by atoms with Crippen molar-refractivity contribution in [3.05, 3.63) is 0 Å². The topological polar surface area (TPSA) is 37.3 Å². The van der Waals surface area contributed by atoms with Gasteiger partial charge in [0.15, 0.2) is 0 Å². The molecule has 0 aromatic rings. The van der Waals surface area contributed by atoms with Crippen molar-refractivity contribution in [2.75, 3.05) is 0 Å². The van der Waals surface area contributed by atoms with Gasteiger partial charge < -0.3 is 5.11 Å². The third kappa shape index (κ3) is 12.5. The lowest BCUT2D eigenvalue weighted by molar-refractivity contribution is -0.137. The van der Waals surface area contributed by atoms with Crippen LogP contribution in [-0.4, -0.2) is 11.1 Å². The molecule has 20 heavy (non-hydrogen) atoms. The van der Waals surface area contributed by atoms with Gasteiger partial charge in [0.2, 0.25) is 0 Å². The van der Waals surface area contributed by atoms with Gasteiger partial charge in [0.05, 0.1) is 0 Å². The van der Waals surface area contributed by atoms with Crippen LogP contribution in [0.1, 0.15) is 97.8 Å². The minimum absolute atomic E-state index is 0.335. The fourth-order valence-corrected chi connectivity index (χ4v) is 2.73. The maximum absolute atomic E-state index is 10.4. The first-order valence-electron chi connectivity index (χ1n) is 8.79. The Kier molecular flexibility index (Phi) is 13.1. The predicted molar refractivity (Wildman–Crippen MR) is 87.0 cm³/mol. The van der Waals surface area contributed by atoms with E-state index in [4.69, 9.17) is 5.11 Å². The Morgan fingerprint density at radius 3 is 1.75 bits per heavy atom. The summed E-state index contributed by atoms with van der Waals surface area (Å²) in [6, 6.07) is 0. The Labute approximate surface area is 126 Å². The summed E-state index contributed by atoms with van der Waals surface area (Å²) in [6.07, 6.45) is 14.4. The highest BCUT2D eigenvalue weighted by molar-refractivity contribution is 5.66. The van der Waals surface area contributed by atoms with Crippen molar-refractivity contribution in [1.29, 1.82) is 0 Å². The molecule has 0 saturated heterocycles. The van der Waals surface area contributed by atoms with Gasteiger partial charge in [-0.05, 0) is 18.3 Å². The summed E-state index contributed by atoms with van der Waals surface area (Å²) < 4.78 is 0. The van der Waals surface area contributed by atoms with Crippen LogP contribution in [0.3, 0.4) is 0 Å². The molecule has 2 unspecified atom stereocenters. The van der Waals surface area contributed by atoms with E-state index in [1.165, 1.54) is 57.8 Å². The van der Waals surface area contributed by atoms with Crippen LogP contribution in [0.15, 0.2) is 0 Å². The van der Waals surface area contributed by atoms with Crippen LogP contribution in [0.4, 0.5) is 0 Å². The normalized spacial score (nSPS) is 14.2. The predicted octanol–water partition coefficient (Wildman–Crippen LogP) is 6.04. The van der Waals surface area contributed by atoms with Crippen molar-refractivity contribution < 1.29 is 9.90 Å². The monoisotopic (exact) mass is 284 g/mol. The van der Waals surface area contributed by atoms with Crippen LogP contribution >= 0.6 is 0 Å². The van der Waals surface area contributed by atoms with Crippen LogP contribution in [-0.2, 0) is 4.79 Å². The molecule has 0 aliphatic carbocycles. The standard InChI is InChI=1S/C18H36O2/c1-4-5-6-7-8-10-13-16(2)17(3)14-11-9-12-15-18(19)20/h16-17H,4-15H2,1-3H3,(H,19,20). The van der Waals surface area contributed by atoms with Crippen LogP contribution in [0.25, 0.3) is 0 Å². The minimum atomic E-state index is -0.658. The molecule has 0 rings (SSSR count). The number of hydrogen-bond acceptors (Lipinski definition) is 1. The molecule has 0 radical (unpaired) electrons. The maximum atomic E-state index is 10.4. The fourth-order valence-electron chi connectivity index (χ4n) is 2.73. The van der Waals surface area contributed by atoms with Crippen LogP contribution < -0.4 is 0 Å². The lowest BCUT2D eigenvalue weighted by Gasteiger charge is -2.19. The first-order valence-corrected chi connectivity index (χ1v) is 8.79. The summed E-state index contributed by atoms with van der Waals surface area (Å²) in [4.78, 5) is 10.4. The van der Waals surface area contributed by atoms with Crippen molar-refractivity contribution in [2.24, 2.45) is 11.8 Å². The van der Waals surface area contributed by atoms with E-state index in [-0.39, 0.29) is 0 Å². The Balaban J connectivity index is 3.41. The van der Waals surface area contributed by atoms with Gasteiger partial charge in [-0.15, -0.1) is 0 Å². The molecule has 120 valence electrons. The van der Waals surface area contributed by atoms with Gasteiger partial charge >= 0.3 is 5.97 Å². The highest BCUT2D eigenvalue weighted by Crippen LogP contribution is 2.24. The molecule has 0 saturated carbocycles. The lowest BCUT2D eigenvalue weighted by atomic mass is 9.87. The summed E-state index contributed by atoms with van der Waals surface area (Å²) in [5, 5.41) is 8.58. The second-order valence-corrected chi connectivity index (χ2v) is 6.50. The number of rotatable bonds is 14. The number of carbonyl (C=O) groups is 1. The average Bonchev–Trinajstić information content (AvgIpc) is 2.41. The summed E-state index contributed by atoms with van der Waals surface area (Å²) in [5.74, 6) is 0.950. The first-order chi connectivity index (χ1) is 9.57. The Morgan fingerprint density at radius 1 is 0.800 bits per heavy atom. The molecular weight excluding hydrogens is 248 g/mol. The third-order valence-electron chi connectivity index (χ3n) is 4.53. The number of hydrogen-bond donors (Lipinski definition) is 1. The number of carboxylic acid groups (broad SMARTS) is 1. The average molecular weight is 284 g/mol. The molecule has 0 spiro atoms. The van der Waals surface area contributed by atoms with Crippen molar-refractivity contribution in [1.82, 2.24) is 0 Å². The highest BCUT2D eigenvalue weighted by atomic mass is 16.4. The van der Waals surface area contributed by atoms with E-state index in [0.717, 1.165) is 24.7 Å². The molecule has 2 nitrogen and oxygen atoms in total. The van der Waals surface area contributed by atoms with Crippen LogP contribution in [0.2, 0.25) is 0 Å². The largest absolute Gasteiger partial charge is 0.481 e. The van der Waals surface area contributed by atoms with E-state index in [0.29, 0.717) is 6.42 Å². The van der Waals surface area contributed by atoms with E-state index in [9.17, 15) is 4.79 Å². The zero-order valence-electron chi connectivity index (χ0n) is 14.0. The fraction of sp³-hybridized carbons (Fsp3) is 0.944. The molecule has 0 aliphatic rings. The van der Waals surface area contributed by atoms with Crippen LogP contribution in [0, 0.1) is 11.8 Å². The number of carboxylic acids is 1. The van der Waals surface area contributed by atoms with Gasteiger partial charge in [-0.1, -0.05) is 85.0 Å². The van der Waals surface area contributed by atoms with Crippen molar-refractivity contribution in [3.63, 3.8) is 0 Å².